The first-order chi connectivity index (χ1) is 7.43. The average molecular weight is 225 g/mol. The number of aryl methyl sites for hydroxylation is 2. The van der Waals surface area contributed by atoms with Crippen LogP contribution in [0.1, 0.15) is 25.0 Å². The van der Waals surface area contributed by atoms with Gasteiger partial charge in [-0.05, 0) is 37.8 Å². The molecule has 1 rings (SSSR count). The Hall–Kier alpha value is -1.33. The third-order valence-corrected chi connectivity index (χ3v) is 2.72. The molecule has 16 heavy (non-hydrogen) atoms. The molecular weight excluding hydrogens is 206 g/mol. The van der Waals surface area contributed by atoms with Crippen LogP contribution in [0.2, 0.25) is 0 Å². The fourth-order valence-corrected chi connectivity index (χ4v) is 1.59. The minimum Gasteiger partial charge on any atom is -0.479 e. The molecule has 0 saturated heterocycles. The minimum atomic E-state index is -1.59. The van der Waals surface area contributed by atoms with Crippen molar-refractivity contribution in [3.63, 3.8) is 0 Å². The van der Waals surface area contributed by atoms with Crippen LogP contribution < -0.4 is 11.5 Å². The van der Waals surface area contributed by atoms with E-state index in [0.717, 1.165) is 12.8 Å². The van der Waals surface area contributed by atoms with Gasteiger partial charge >= 0.3 is 5.97 Å². The van der Waals surface area contributed by atoms with Crippen LogP contribution in [0, 0.1) is 0 Å². The maximum absolute atomic E-state index is 10.6. The minimum absolute atomic E-state index is 0.298. The molecule has 0 aromatic carbocycles. The Labute approximate surface area is 95.0 Å². The van der Waals surface area contributed by atoms with E-state index in [0.29, 0.717) is 12.8 Å². The SMILES string of the molecule is Cn1cccc1CCCCC(N)(N)C(=O)O. The van der Waals surface area contributed by atoms with Gasteiger partial charge < -0.3 is 21.1 Å². The summed E-state index contributed by atoms with van der Waals surface area (Å²) >= 11 is 0. The van der Waals surface area contributed by atoms with Gasteiger partial charge in [0.1, 0.15) is 0 Å². The van der Waals surface area contributed by atoms with Gasteiger partial charge in [0, 0.05) is 18.9 Å². The highest BCUT2D eigenvalue weighted by Crippen LogP contribution is 2.10. The molecule has 1 aromatic rings. The number of rotatable bonds is 6. The molecule has 0 aliphatic carbocycles. The molecule has 0 unspecified atom stereocenters. The normalized spacial score (nSPS) is 11.7. The zero-order chi connectivity index (χ0) is 12.2. The number of carboxylic acid groups (broad SMARTS) is 1. The lowest BCUT2D eigenvalue weighted by atomic mass is 10.0. The van der Waals surface area contributed by atoms with Gasteiger partial charge in [0.15, 0.2) is 5.66 Å². The van der Waals surface area contributed by atoms with Gasteiger partial charge in [-0.25, -0.2) is 4.79 Å². The number of aliphatic carboxylic acids is 1. The molecule has 5 N–H and O–H groups in total. The Bertz CT molecular complexity index is 358. The van der Waals surface area contributed by atoms with Crippen molar-refractivity contribution in [2.45, 2.75) is 31.3 Å². The standard InChI is InChI=1S/C11H19N3O2/c1-14-8-4-6-9(14)5-2-3-7-11(12,13)10(15)16/h4,6,8H,2-3,5,7,12-13H2,1H3,(H,15,16). The molecule has 0 aliphatic rings. The van der Waals surface area contributed by atoms with Gasteiger partial charge in [0.2, 0.25) is 0 Å². The summed E-state index contributed by atoms with van der Waals surface area (Å²) in [6.07, 6.45) is 4.81. The summed E-state index contributed by atoms with van der Waals surface area (Å²) in [6, 6.07) is 4.04. The summed E-state index contributed by atoms with van der Waals surface area (Å²) in [4.78, 5) is 10.6. The lowest BCUT2D eigenvalue weighted by molar-refractivity contribution is -0.143. The van der Waals surface area contributed by atoms with E-state index in [9.17, 15) is 4.79 Å². The topological polar surface area (TPSA) is 94.3 Å². The van der Waals surface area contributed by atoms with Crippen molar-refractivity contribution in [2.75, 3.05) is 0 Å². The van der Waals surface area contributed by atoms with Crippen LogP contribution in [-0.2, 0) is 18.3 Å². The second-order valence-electron chi connectivity index (χ2n) is 4.16. The van der Waals surface area contributed by atoms with Crippen molar-refractivity contribution >= 4 is 5.97 Å². The summed E-state index contributed by atoms with van der Waals surface area (Å²) < 4.78 is 2.05. The second kappa shape index (κ2) is 5.14. The Morgan fingerprint density at radius 2 is 2.19 bits per heavy atom. The Morgan fingerprint density at radius 3 is 2.69 bits per heavy atom. The maximum atomic E-state index is 10.6. The molecule has 0 amide bonds. The molecular formula is C11H19N3O2. The predicted molar refractivity (Wildman–Crippen MR) is 61.7 cm³/mol. The number of carbonyl (C=O) groups is 1. The number of hydrogen-bond acceptors (Lipinski definition) is 3. The highest BCUT2D eigenvalue weighted by molar-refractivity contribution is 5.77. The van der Waals surface area contributed by atoms with E-state index in [4.69, 9.17) is 16.6 Å². The van der Waals surface area contributed by atoms with Crippen molar-refractivity contribution in [3.8, 4) is 0 Å². The molecule has 5 heteroatoms. The van der Waals surface area contributed by atoms with Crippen molar-refractivity contribution in [3.05, 3.63) is 24.0 Å². The molecule has 0 radical (unpaired) electrons. The first kappa shape index (κ1) is 12.7. The van der Waals surface area contributed by atoms with Crippen LogP contribution in [0.25, 0.3) is 0 Å². The number of unbranched alkanes of at least 4 members (excludes halogenated alkanes) is 1. The van der Waals surface area contributed by atoms with Gasteiger partial charge in [-0.2, -0.15) is 0 Å². The summed E-state index contributed by atoms with van der Waals surface area (Å²) in [6.45, 7) is 0. The third-order valence-electron chi connectivity index (χ3n) is 2.72. The van der Waals surface area contributed by atoms with Crippen LogP contribution in [0.3, 0.4) is 0 Å². The molecule has 90 valence electrons. The summed E-state index contributed by atoms with van der Waals surface area (Å²) in [5, 5.41) is 8.71. The molecule has 1 aromatic heterocycles. The monoisotopic (exact) mass is 225 g/mol. The first-order valence-electron chi connectivity index (χ1n) is 5.35. The average Bonchev–Trinajstić information content (AvgIpc) is 2.59. The summed E-state index contributed by atoms with van der Waals surface area (Å²) in [5.41, 5.74) is 10.5. The number of carboxylic acids is 1. The Kier molecular flexibility index (Phi) is 4.09. The largest absolute Gasteiger partial charge is 0.479 e. The summed E-state index contributed by atoms with van der Waals surface area (Å²) in [7, 11) is 1.99. The zero-order valence-electron chi connectivity index (χ0n) is 9.52. The molecule has 5 nitrogen and oxygen atoms in total. The van der Waals surface area contributed by atoms with Gasteiger partial charge in [0.25, 0.3) is 0 Å². The van der Waals surface area contributed by atoms with E-state index in [1.807, 2.05) is 19.3 Å². The molecule has 0 fully saturated rings. The van der Waals surface area contributed by atoms with E-state index in [1.54, 1.807) is 0 Å². The molecule has 0 bridgehead atoms. The van der Waals surface area contributed by atoms with Gasteiger partial charge in [-0.3, -0.25) is 0 Å². The second-order valence-corrected chi connectivity index (χ2v) is 4.16. The van der Waals surface area contributed by atoms with E-state index >= 15 is 0 Å². The number of nitrogens with two attached hydrogens (primary N) is 2. The van der Waals surface area contributed by atoms with E-state index < -0.39 is 11.6 Å². The van der Waals surface area contributed by atoms with Gasteiger partial charge in [-0.1, -0.05) is 0 Å². The predicted octanol–water partition coefficient (Wildman–Crippen LogP) is 0.436. The number of nitrogens with zero attached hydrogens (tertiary/aromatic N) is 1. The van der Waals surface area contributed by atoms with Crippen molar-refractivity contribution in [1.29, 1.82) is 0 Å². The lowest BCUT2D eigenvalue weighted by Gasteiger charge is -2.18. The van der Waals surface area contributed by atoms with Crippen LogP contribution in [0.15, 0.2) is 18.3 Å². The van der Waals surface area contributed by atoms with Gasteiger partial charge in [-0.15, -0.1) is 0 Å². The lowest BCUT2D eigenvalue weighted by Crippen LogP contribution is -2.56. The quantitative estimate of drug-likeness (QED) is 0.483. The third kappa shape index (κ3) is 3.36. The van der Waals surface area contributed by atoms with Crippen LogP contribution in [-0.4, -0.2) is 21.3 Å². The molecule has 0 saturated carbocycles. The number of hydrogen-bond donors (Lipinski definition) is 3. The smallest absolute Gasteiger partial charge is 0.338 e. The molecule has 0 spiro atoms. The zero-order valence-corrected chi connectivity index (χ0v) is 9.52. The van der Waals surface area contributed by atoms with Crippen LogP contribution >= 0.6 is 0 Å². The summed E-state index contributed by atoms with van der Waals surface area (Å²) in [5.74, 6) is -1.15. The Balaban J connectivity index is 2.27. The highest BCUT2D eigenvalue weighted by Gasteiger charge is 2.27. The van der Waals surface area contributed by atoms with E-state index in [-0.39, 0.29) is 0 Å². The van der Waals surface area contributed by atoms with Gasteiger partial charge in [0.05, 0.1) is 0 Å². The van der Waals surface area contributed by atoms with Crippen molar-refractivity contribution in [1.82, 2.24) is 4.57 Å². The van der Waals surface area contributed by atoms with Crippen LogP contribution in [0.4, 0.5) is 0 Å². The van der Waals surface area contributed by atoms with Crippen molar-refractivity contribution < 1.29 is 9.90 Å². The fourth-order valence-electron chi connectivity index (χ4n) is 1.59. The first-order valence-corrected chi connectivity index (χ1v) is 5.35. The number of aromatic nitrogens is 1. The maximum Gasteiger partial charge on any atom is 0.338 e. The van der Waals surface area contributed by atoms with E-state index in [1.165, 1.54) is 5.69 Å². The van der Waals surface area contributed by atoms with E-state index in [2.05, 4.69) is 10.6 Å². The van der Waals surface area contributed by atoms with Crippen molar-refractivity contribution in [2.24, 2.45) is 18.5 Å². The molecule has 1 heterocycles. The Morgan fingerprint density at radius 1 is 1.50 bits per heavy atom. The molecule has 0 atom stereocenters. The van der Waals surface area contributed by atoms with Crippen LogP contribution in [0.5, 0.6) is 0 Å². The fraction of sp³-hybridized carbons (Fsp3) is 0.545. The highest BCUT2D eigenvalue weighted by atomic mass is 16.4. The molecule has 0 aliphatic heterocycles.